The monoisotopic (exact) mass is 506 g/mol. The Hall–Kier alpha value is -3.69. The van der Waals surface area contributed by atoms with Gasteiger partial charge in [-0.3, -0.25) is 0 Å². The predicted octanol–water partition coefficient (Wildman–Crippen LogP) is 9.84. The average Bonchev–Trinajstić information content (AvgIpc) is 2.95. The molecule has 4 rings (SSSR count). The molecule has 0 spiro atoms. The Morgan fingerprint density at radius 1 is 0.568 bits per heavy atom. The Morgan fingerprint density at radius 3 is 1.41 bits per heavy atom. The quantitative estimate of drug-likeness (QED) is 0.190. The third-order valence-electron chi connectivity index (χ3n) is 5.75. The summed E-state index contributed by atoms with van der Waals surface area (Å²) >= 11 is 1.77. The van der Waals surface area contributed by atoms with E-state index in [1.807, 2.05) is 36.4 Å². The second-order valence-corrected chi connectivity index (χ2v) is 9.75. The molecule has 4 aromatic rings. The lowest BCUT2D eigenvalue weighted by Crippen LogP contribution is -1.96. The van der Waals surface area contributed by atoms with Gasteiger partial charge in [-0.15, -0.1) is 0 Å². The van der Waals surface area contributed by atoms with Crippen LogP contribution >= 0.6 is 11.8 Å². The molecule has 37 heavy (non-hydrogen) atoms. The largest absolute Gasteiger partial charge is 0.489 e. The average molecular weight is 507 g/mol. The Kier molecular flexibility index (Phi) is 10.1. The van der Waals surface area contributed by atoms with Gasteiger partial charge in [0.05, 0.1) is 0 Å². The van der Waals surface area contributed by atoms with Crippen molar-refractivity contribution in [3.05, 3.63) is 131 Å². The molecule has 0 aliphatic heterocycles. The maximum absolute atomic E-state index is 6.10. The Bertz CT molecular complexity index is 1210. The lowest BCUT2D eigenvalue weighted by Gasteiger charge is -2.14. The highest BCUT2D eigenvalue weighted by Crippen LogP contribution is 2.37. The molecule has 0 N–H and O–H groups in total. The van der Waals surface area contributed by atoms with Gasteiger partial charge in [-0.25, -0.2) is 0 Å². The first kappa shape index (κ1) is 26.4. The van der Waals surface area contributed by atoms with Crippen LogP contribution in [0, 0.1) is 0 Å². The zero-order chi connectivity index (χ0) is 25.7. The topological polar surface area (TPSA) is 18.5 Å². The molecule has 4 aromatic carbocycles. The number of ether oxygens (including phenoxy) is 2. The first-order chi connectivity index (χ1) is 18.2. The number of hydrogen-bond donors (Lipinski definition) is 0. The van der Waals surface area contributed by atoms with E-state index >= 15 is 0 Å². The zero-order valence-electron chi connectivity index (χ0n) is 21.6. The van der Waals surface area contributed by atoms with Crippen LogP contribution in [-0.4, -0.2) is 0 Å². The molecule has 0 amide bonds. The van der Waals surface area contributed by atoms with E-state index in [2.05, 4.69) is 98.8 Å². The molecule has 0 aliphatic carbocycles. The van der Waals surface area contributed by atoms with Gasteiger partial charge in [0.2, 0.25) is 0 Å². The summed E-state index contributed by atoms with van der Waals surface area (Å²) in [6.45, 7) is 5.42. The molecule has 3 heteroatoms. The van der Waals surface area contributed by atoms with Crippen LogP contribution in [0.1, 0.15) is 48.9 Å². The van der Waals surface area contributed by atoms with Crippen molar-refractivity contribution in [1.82, 2.24) is 0 Å². The van der Waals surface area contributed by atoms with Crippen LogP contribution < -0.4 is 9.47 Å². The molecule has 0 heterocycles. The summed E-state index contributed by atoms with van der Waals surface area (Å²) in [5, 5.41) is 0. The third kappa shape index (κ3) is 8.16. The van der Waals surface area contributed by atoms with Crippen LogP contribution in [-0.2, 0) is 13.2 Å². The summed E-state index contributed by atoms with van der Waals surface area (Å²) < 4.78 is 12.2. The van der Waals surface area contributed by atoms with Crippen LogP contribution in [0.3, 0.4) is 0 Å². The predicted molar refractivity (Wildman–Crippen MR) is 157 cm³/mol. The van der Waals surface area contributed by atoms with Crippen LogP contribution in [0.15, 0.2) is 119 Å². The molecular weight excluding hydrogens is 472 g/mol. The molecule has 0 aromatic heterocycles. The first-order valence-electron chi connectivity index (χ1n) is 12.9. The fraction of sp³-hybridized carbons (Fsp3) is 0.176. The smallest absolute Gasteiger partial charge is 0.120 e. The fourth-order valence-electron chi connectivity index (χ4n) is 3.77. The molecule has 0 atom stereocenters. The van der Waals surface area contributed by atoms with Crippen molar-refractivity contribution >= 4 is 23.9 Å². The van der Waals surface area contributed by atoms with Crippen molar-refractivity contribution in [2.24, 2.45) is 0 Å². The van der Waals surface area contributed by atoms with E-state index < -0.39 is 0 Å². The second kappa shape index (κ2) is 14.2. The minimum Gasteiger partial charge on any atom is -0.489 e. The Balaban J connectivity index is 1.54. The standard InChI is InChI=1S/C34H34O2S/c1-3-5-17-29-23-31(35-25-27-13-9-7-10-14-27)19-21-33(29)37-34-22-20-32(24-30(34)18-6-4-2)36-26-28-15-11-8-12-16-28/h5-24H,3-4,25-26H2,1-2H3/b17-5-,18-6-. The van der Waals surface area contributed by atoms with Crippen molar-refractivity contribution in [2.45, 2.75) is 49.7 Å². The van der Waals surface area contributed by atoms with E-state index in [1.165, 1.54) is 9.79 Å². The summed E-state index contributed by atoms with van der Waals surface area (Å²) in [6, 6.07) is 33.3. The van der Waals surface area contributed by atoms with Gasteiger partial charge in [0, 0.05) is 9.79 Å². The minimum absolute atomic E-state index is 0.556. The normalized spacial score (nSPS) is 11.3. The molecule has 0 radical (unpaired) electrons. The maximum Gasteiger partial charge on any atom is 0.120 e. The summed E-state index contributed by atoms with van der Waals surface area (Å²) in [7, 11) is 0. The van der Waals surface area contributed by atoms with Crippen molar-refractivity contribution < 1.29 is 9.47 Å². The van der Waals surface area contributed by atoms with Crippen LogP contribution in [0.25, 0.3) is 12.2 Å². The van der Waals surface area contributed by atoms with E-state index in [-0.39, 0.29) is 0 Å². The fourth-order valence-corrected chi connectivity index (χ4v) is 4.77. The molecule has 2 nitrogen and oxygen atoms in total. The summed E-state index contributed by atoms with van der Waals surface area (Å²) in [6.07, 6.45) is 10.7. The van der Waals surface area contributed by atoms with Crippen LogP contribution in [0.2, 0.25) is 0 Å². The molecule has 0 saturated carbocycles. The highest BCUT2D eigenvalue weighted by atomic mass is 32.2. The molecule has 188 valence electrons. The lowest BCUT2D eigenvalue weighted by molar-refractivity contribution is 0.306. The summed E-state index contributed by atoms with van der Waals surface area (Å²) in [4.78, 5) is 2.39. The molecule has 0 fully saturated rings. The second-order valence-electron chi connectivity index (χ2n) is 8.67. The molecule has 0 saturated heterocycles. The minimum atomic E-state index is 0.556. The van der Waals surface area contributed by atoms with Gasteiger partial charge in [0.15, 0.2) is 0 Å². The molecule has 0 bridgehead atoms. The Morgan fingerprint density at radius 2 is 1.00 bits per heavy atom. The third-order valence-corrected chi connectivity index (χ3v) is 6.93. The van der Waals surface area contributed by atoms with E-state index in [4.69, 9.17) is 9.47 Å². The number of allylic oxidation sites excluding steroid dienone is 2. The van der Waals surface area contributed by atoms with Gasteiger partial charge in [0.25, 0.3) is 0 Å². The number of benzene rings is 4. The summed E-state index contributed by atoms with van der Waals surface area (Å²) in [5.74, 6) is 1.75. The number of hydrogen-bond acceptors (Lipinski definition) is 3. The van der Waals surface area contributed by atoms with Gasteiger partial charge >= 0.3 is 0 Å². The molecular formula is C34H34O2S. The van der Waals surface area contributed by atoms with Crippen LogP contribution in [0.5, 0.6) is 11.5 Å². The SMILES string of the molecule is CC/C=C\c1cc(OCc2ccccc2)ccc1Sc1ccc(OCc2ccccc2)cc1/C=C\CC. The van der Waals surface area contributed by atoms with Gasteiger partial charge in [0.1, 0.15) is 24.7 Å². The van der Waals surface area contributed by atoms with E-state index in [1.54, 1.807) is 11.8 Å². The van der Waals surface area contributed by atoms with Gasteiger partial charge in [-0.1, -0.05) is 111 Å². The van der Waals surface area contributed by atoms with Gasteiger partial charge in [-0.2, -0.15) is 0 Å². The van der Waals surface area contributed by atoms with Gasteiger partial charge in [-0.05, 0) is 71.5 Å². The highest BCUT2D eigenvalue weighted by Gasteiger charge is 2.10. The maximum atomic E-state index is 6.10. The van der Waals surface area contributed by atoms with Crippen LogP contribution in [0.4, 0.5) is 0 Å². The van der Waals surface area contributed by atoms with Crippen molar-refractivity contribution in [1.29, 1.82) is 0 Å². The van der Waals surface area contributed by atoms with E-state index in [0.717, 1.165) is 46.6 Å². The molecule has 0 unspecified atom stereocenters. The number of rotatable bonds is 12. The van der Waals surface area contributed by atoms with E-state index in [0.29, 0.717) is 13.2 Å². The zero-order valence-corrected chi connectivity index (χ0v) is 22.4. The summed E-state index contributed by atoms with van der Waals surface area (Å²) in [5.41, 5.74) is 4.64. The first-order valence-corrected chi connectivity index (χ1v) is 13.7. The Labute approximate surface area is 225 Å². The lowest BCUT2D eigenvalue weighted by atomic mass is 10.2. The van der Waals surface area contributed by atoms with E-state index in [9.17, 15) is 0 Å². The highest BCUT2D eigenvalue weighted by molar-refractivity contribution is 7.99. The van der Waals surface area contributed by atoms with Crippen molar-refractivity contribution in [2.75, 3.05) is 0 Å². The van der Waals surface area contributed by atoms with Gasteiger partial charge < -0.3 is 9.47 Å². The van der Waals surface area contributed by atoms with Crippen molar-refractivity contribution in [3.63, 3.8) is 0 Å². The van der Waals surface area contributed by atoms with Crippen molar-refractivity contribution in [3.8, 4) is 11.5 Å². The molecule has 0 aliphatic rings.